The van der Waals surface area contributed by atoms with Crippen LogP contribution in [-0.4, -0.2) is 22.6 Å². The van der Waals surface area contributed by atoms with E-state index < -0.39 is 0 Å². The molecule has 0 aliphatic carbocycles. The average molecular weight is 327 g/mol. The Morgan fingerprint density at radius 1 is 1.44 bits per heavy atom. The molecule has 2 heterocycles. The molecule has 1 aromatic carbocycles. The van der Waals surface area contributed by atoms with Crippen molar-refractivity contribution in [1.29, 1.82) is 0 Å². The predicted molar refractivity (Wildman–Crippen MR) is 76.5 cm³/mol. The van der Waals surface area contributed by atoms with Crippen LogP contribution in [0.1, 0.15) is 18.0 Å². The van der Waals surface area contributed by atoms with Gasteiger partial charge in [0.2, 0.25) is 0 Å². The molecule has 1 unspecified atom stereocenters. The molecule has 1 aromatic heterocycles. The zero-order valence-corrected chi connectivity index (χ0v) is 12.1. The highest BCUT2D eigenvalue weighted by atomic mass is 79.9. The van der Waals surface area contributed by atoms with Crippen molar-refractivity contribution in [3.05, 3.63) is 45.9 Å². The Labute approximate surface area is 119 Å². The van der Waals surface area contributed by atoms with Gasteiger partial charge in [0.05, 0.1) is 12.0 Å². The minimum Gasteiger partial charge on any atom is -0.316 e. The van der Waals surface area contributed by atoms with Gasteiger partial charge in [-0.3, -0.25) is 0 Å². The molecule has 1 fully saturated rings. The minimum atomic E-state index is 0.537. The summed E-state index contributed by atoms with van der Waals surface area (Å²) < 4.78 is 3.12. The van der Waals surface area contributed by atoms with Crippen molar-refractivity contribution in [2.24, 2.45) is 0 Å². The van der Waals surface area contributed by atoms with Gasteiger partial charge in [-0.05, 0) is 47.1 Å². The summed E-state index contributed by atoms with van der Waals surface area (Å²) in [7, 11) is 0. The number of halogens is 2. The smallest absolute Gasteiger partial charge is 0.0994 e. The lowest BCUT2D eigenvalue weighted by Crippen LogP contribution is -2.10. The molecule has 0 bridgehead atoms. The molecule has 0 radical (unpaired) electrons. The van der Waals surface area contributed by atoms with Crippen LogP contribution in [0.3, 0.4) is 0 Å². The molecule has 1 aliphatic heterocycles. The van der Waals surface area contributed by atoms with Gasteiger partial charge >= 0.3 is 0 Å². The maximum absolute atomic E-state index is 5.98. The van der Waals surface area contributed by atoms with Gasteiger partial charge in [-0.2, -0.15) is 0 Å². The maximum atomic E-state index is 5.98. The molecule has 5 heteroatoms. The molecule has 3 nitrogen and oxygen atoms in total. The molecular formula is C13H13BrClN3. The molecule has 1 atom stereocenters. The number of benzene rings is 1. The van der Waals surface area contributed by atoms with Crippen LogP contribution in [0.2, 0.25) is 5.02 Å². The van der Waals surface area contributed by atoms with Crippen LogP contribution < -0.4 is 5.32 Å². The molecule has 1 N–H and O–H groups in total. The molecule has 0 saturated carbocycles. The summed E-state index contributed by atoms with van der Waals surface area (Å²) in [6, 6.07) is 5.83. The third-order valence-electron chi connectivity index (χ3n) is 3.31. The number of rotatable bonds is 2. The number of hydrogen-bond acceptors (Lipinski definition) is 2. The van der Waals surface area contributed by atoms with Crippen LogP contribution in [0.15, 0.2) is 35.2 Å². The van der Waals surface area contributed by atoms with Crippen molar-refractivity contribution >= 4 is 27.5 Å². The fourth-order valence-electron chi connectivity index (χ4n) is 2.39. The summed E-state index contributed by atoms with van der Waals surface area (Å²) >= 11 is 9.54. The summed E-state index contributed by atoms with van der Waals surface area (Å²) in [6.07, 6.45) is 4.98. The number of imidazole rings is 1. The van der Waals surface area contributed by atoms with E-state index in [1.165, 1.54) is 5.69 Å². The minimum absolute atomic E-state index is 0.537. The first-order valence-electron chi connectivity index (χ1n) is 5.94. The lowest BCUT2D eigenvalue weighted by molar-refractivity contribution is 0.713. The highest BCUT2D eigenvalue weighted by molar-refractivity contribution is 9.10. The van der Waals surface area contributed by atoms with Crippen LogP contribution in [0.4, 0.5) is 0 Å². The van der Waals surface area contributed by atoms with E-state index in [9.17, 15) is 0 Å². The lowest BCUT2D eigenvalue weighted by atomic mass is 10.1. The van der Waals surface area contributed by atoms with E-state index in [0.717, 1.165) is 34.7 Å². The number of nitrogens with one attached hydrogen (secondary N) is 1. The third-order valence-corrected chi connectivity index (χ3v) is 4.19. The Hall–Kier alpha value is -0.840. The van der Waals surface area contributed by atoms with Crippen molar-refractivity contribution in [2.75, 3.05) is 13.1 Å². The molecule has 2 aromatic rings. The third kappa shape index (κ3) is 2.20. The highest BCUT2D eigenvalue weighted by Crippen LogP contribution is 2.29. The predicted octanol–water partition coefficient (Wildman–Crippen LogP) is 3.37. The Kier molecular flexibility index (Phi) is 3.41. The fourth-order valence-corrected chi connectivity index (χ4v) is 3.27. The Bertz CT molecular complexity index is 561. The standard InChI is InChI=1S/C13H13BrClN3/c14-11-5-10(15)1-2-12(11)18-8-17-7-13(18)9-3-4-16-6-9/h1-2,5,7-9,16H,3-4,6H2. The average Bonchev–Trinajstić information content (AvgIpc) is 2.98. The van der Waals surface area contributed by atoms with Crippen LogP contribution in [0.25, 0.3) is 5.69 Å². The van der Waals surface area contributed by atoms with E-state index in [-0.39, 0.29) is 0 Å². The second-order valence-electron chi connectivity index (χ2n) is 4.47. The molecule has 18 heavy (non-hydrogen) atoms. The zero-order valence-electron chi connectivity index (χ0n) is 9.74. The topological polar surface area (TPSA) is 29.9 Å². The zero-order chi connectivity index (χ0) is 12.5. The van der Waals surface area contributed by atoms with E-state index in [4.69, 9.17) is 11.6 Å². The first-order chi connectivity index (χ1) is 8.75. The second kappa shape index (κ2) is 5.03. The maximum Gasteiger partial charge on any atom is 0.0994 e. The summed E-state index contributed by atoms with van der Waals surface area (Å²) in [6.45, 7) is 2.11. The number of aromatic nitrogens is 2. The van der Waals surface area contributed by atoms with Crippen LogP contribution >= 0.6 is 27.5 Å². The van der Waals surface area contributed by atoms with Crippen molar-refractivity contribution in [3.63, 3.8) is 0 Å². The van der Waals surface area contributed by atoms with Gasteiger partial charge in [-0.15, -0.1) is 0 Å². The molecule has 0 amide bonds. The first kappa shape index (κ1) is 12.2. The van der Waals surface area contributed by atoms with Crippen molar-refractivity contribution in [3.8, 4) is 5.69 Å². The van der Waals surface area contributed by atoms with Crippen molar-refractivity contribution in [1.82, 2.24) is 14.9 Å². The van der Waals surface area contributed by atoms with Gasteiger partial charge < -0.3 is 9.88 Å². The Balaban J connectivity index is 2.03. The van der Waals surface area contributed by atoms with Gasteiger partial charge in [0.25, 0.3) is 0 Å². The van der Waals surface area contributed by atoms with Gasteiger partial charge in [-0.1, -0.05) is 11.6 Å². The molecule has 0 spiro atoms. The molecule has 3 rings (SSSR count). The fraction of sp³-hybridized carbons (Fsp3) is 0.308. The van der Waals surface area contributed by atoms with Crippen molar-refractivity contribution < 1.29 is 0 Å². The van der Waals surface area contributed by atoms with Gasteiger partial charge in [0.1, 0.15) is 0 Å². The van der Waals surface area contributed by atoms with Crippen LogP contribution in [0.5, 0.6) is 0 Å². The van der Waals surface area contributed by atoms with Crippen molar-refractivity contribution in [2.45, 2.75) is 12.3 Å². The molecule has 1 aliphatic rings. The lowest BCUT2D eigenvalue weighted by Gasteiger charge is -2.14. The largest absolute Gasteiger partial charge is 0.316 e. The van der Waals surface area contributed by atoms with E-state index >= 15 is 0 Å². The van der Waals surface area contributed by atoms with Gasteiger partial charge in [0.15, 0.2) is 0 Å². The van der Waals surface area contributed by atoms with E-state index in [1.807, 2.05) is 30.7 Å². The van der Waals surface area contributed by atoms with Crippen LogP contribution in [0, 0.1) is 0 Å². The normalized spacial score (nSPS) is 19.3. The van der Waals surface area contributed by atoms with E-state index in [1.54, 1.807) is 0 Å². The van der Waals surface area contributed by atoms with Gasteiger partial charge in [0, 0.05) is 33.8 Å². The highest BCUT2D eigenvalue weighted by Gasteiger charge is 2.21. The van der Waals surface area contributed by atoms with Crippen LogP contribution in [-0.2, 0) is 0 Å². The summed E-state index contributed by atoms with van der Waals surface area (Å²) in [5.41, 5.74) is 2.34. The monoisotopic (exact) mass is 325 g/mol. The second-order valence-corrected chi connectivity index (χ2v) is 5.76. The van der Waals surface area contributed by atoms with E-state index in [2.05, 4.69) is 30.8 Å². The molecule has 1 saturated heterocycles. The first-order valence-corrected chi connectivity index (χ1v) is 7.11. The number of nitrogens with zero attached hydrogens (tertiary/aromatic N) is 2. The molecule has 94 valence electrons. The summed E-state index contributed by atoms with van der Waals surface area (Å²) in [4.78, 5) is 4.29. The summed E-state index contributed by atoms with van der Waals surface area (Å²) in [5.74, 6) is 0.537. The van der Waals surface area contributed by atoms with Gasteiger partial charge in [-0.25, -0.2) is 4.98 Å². The SMILES string of the molecule is Clc1ccc(-n2cncc2C2CCNC2)c(Br)c1. The van der Waals surface area contributed by atoms with E-state index in [0.29, 0.717) is 5.92 Å². The number of hydrogen-bond donors (Lipinski definition) is 1. The molecular weight excluding hydrogens is 314 g/mol. The quantitative estimate of drug-likeness (QED) is 0.917. The Morgan fingerprint density at radius 2 is 2.33 bits per heavy atom. The summed E-state index contributed by atoms with van der Waals surface area (Å²) in [5, 5.41) is 4.12. The Morgan fingerprint density at radius 3 is 3.06 bits per heavy atom.